The van der Waals surface area contributed by atoms with Crippen LogP contribution in [0.4, 0.5) is 0 Å². The second kappa shape index (κ2) is 9.92. The summed E-state index contributed by atoms with van der Waals surface area (Å²) in [5.41, 5.74) is 4.63. The molecule has 4 nitrogen and oxygen atoms in total. The summed E-state index contributed by atoms with van der Waals surface area (Å²) in [4.78, 5) is 25.3. The van der Waals surface area contributed by atoms with Crippen LogP contribution in [0.15, 0.2) is 45.3 Å². The van der Waals surface area contributed by atoms with E-state index in [4.69, 9.17) is 0 Å². The molecular formula is C26H27Br2NO3. The van der Waals surface area contributed by atoms with Gasteiger partial charge in [-0.2, -0.15) is 0 Å². The molecule has 1 heterocycles. The maximum Gasteiger partial charge on any atom is 0.306 e. The molecule has 4 rings (SSSR count). The van der Waals surface area contributed by atoms with E-state index in [1.165, 1.54) is 31.2 Å². The number of aliphatic carboxylic acids is 1. The fraction of sp³-hybridized carbons (Fsp3) is 0.385. The molecule has 1 aliphatic carbocycles. The molecule has 32 heavy (non-hydrogen) atoms. The number of carboxylic acid groups (broad SMARTS) is 1. The summed E-state index contributed by atoms with van der Waals surface area (Å²) in [6.45, 7) is 2.21. The number of carbonyl (C=O) groups is 2. The Labute approximate surface area is 205 Å². The number of aryl methyl sites for hydroxylation is 1. The molecule has 0 saturated carbocycles. The first-order chi connectivity index (χ1) is 15.4. The molecule has 0 fully saturated rings. The van der Waals surface area contributed by atoms with Gasteiger partial charge in [0.2, 0.25) is 0 Å². The summed E-state index contributed by atoms with van der Waals surface area (Å²) >= 11 is 7.19. The van der Waals surface area contributed by atoms with E-state index in [2.05, 4.69) is 50.9 Å². The van der Waals surface area contributed by atoms with E-state index in [9.17, 15) is 14.7 Å². The Morgan fingerprint density at radius 2 is 1.84 bits per heavy atom. The summed E-state index contributed by atoms with van der Waals surface area (Å²) in [5, 5.41) is 10.5. The lowest BCUT2D eigenvalue weighted by Crippen LogP contribution is -2.24. The third-order valence-corrected chi connectivity index (χ3v) is 7.53. The van der Waals surface area contributed by atoms with Gasteiger partial charge in [-0.1, -0.05) is 70.2 Å². The van der Waals surface area contributed by atoms with E-state index in [1.807, 2.05) is 24.3 Å². The number of rotatable bonds is 7. The third-order valence-electron chi connectivity index (χ3n) is 6.45. The van der Waals surface area contributed by atoms with Crippen LogP contribution in [0.2, 0.25) is 0 Å². The van der Waals surface area contributed by atoms with Crippen molar-refractivity contribution in [1.82, 2.24) is 4.57 Å². The zero-order valence-corrected chi connectivity index (χ0v) is 21.3. The lowest BCUT2D eigenvalue weighted by atomic mass is 9.86. The van der Waals surface area contributed by atoms with E-state index in [-0.39, 0.29) is 5.91 Å². The lowest BCUT2D eigenvalue weighted by molar-refractivity contribution is -0.142. The highest BCUT2D eigenvalue weighted by molar-refractivity contribution is 9.11. The molecule has 1 atom stereocenters. The topological polar surface area (TPSA) is 59.3 Å². The Morgan fingerprint density at radius 1 is 1.09 bits per heavy atom. The minimum atomic E-state index is -0.773. The number of hydrogen-bond acceptors (Lipinski definition) is 2. The molecule has 2 aromatic carbocycles. The molecule has 0 amide bonds. The van der Waals surface area contributed by atoms with Crippen molar-refractivity contribution < 1.29 is 14.7 Å². The van der Waals surface area contributed by atoms with Gasteiger partial charge in [-0.05, 0) is 67.5 Å². The number of unbranched alkanes of at least 4 members (excludes halogenated alkanes) is 3. The second-order valence-electron chi connectivity index (χ2n) is 8.63. The zero-order chi connectivity index (χ0) is 22.8. The predicted molar refractivity (Wildman–Crippen MR) is 135 cm³/mol. The first-order valence-corrected chi connectivity index (χ1v) is 12.9. The number of halogens is 2. The van der Waals surface area contributed by atoms with E-state index in [1.54, 1.807) is 4.57 Å². The van der Waals surface area contributed by atoms with Crippen molar-refractivity contribution >= 4 is 54.6 Å². The number of carboxylic acids is 1. The van der Waals surface area contributed by atoms with Crippen molar-refractivity contribution in [2.75, 3.05) is 0 Å². The molecule has 1 aromatic heterocycles. The summed E-state index contributed by atoms with van der Waals surface area (Å²) in [5.74, 6) is -1.25. The Bertz CT molecular complexity index is 1160. The molecule has 1 aliphatic rings. The maximum atomic E-state index is 13.7. The van der Waals surface area contributed by atoms with Crippen molar-refractivity contribution in [3.63, 3.8) is 0 Å². The molecule has 168 valence electrons. The Balaban J connectivity index is 1.71. The Morgan fingerprint density at radius 3 is 2.53 bits per heavy atom. The molecule has 1 N–H and O–H groups in total. The van der Waals surface area contributed by atoms with Gasteiger partial charge < -0.3 is 5.11 Å². The first-order valence-electron chi connectivity index (χ1n) is 11.3. The average Bonchev–Trinajstić information content (AvgIpc) is 3.10. The van der Waals surface area contributed by atoms with Gasteiger partial charge in [-0.15, -0.1) is 0 Å². The van der Waals surface area contributed by atoms with Crippen molar-refractivity contribution in [2.24, 2.45) is 5.92 Å². The molecule has 0 aliphatic heterocycles. The van der Waals surface area contributed by atoms with Gasteiger partial charge in [0.15, 0.2) is 0 Å². The highest BCUT2D eigenvalue weighted by atomic mass is 79.9. The van der Waals surface area contributed by atoms with Gasteiger partial charge in [0.25, 0.3) is 5.91 Å². The van der Waals surface area contributed by atoms with E-state index in [0.717, 1.165) is 37.5 Å². The SMILES string of the molecule is CCCCCCc1ccc(C(=O)n2c3c(c4c(Br)cc(Br)cc42)CC(C(=O)O)CC3)cc1. The second-order valence-corrected chi connectivity index (χ2v) is 10.4. The molecule has 3 aromatic rings. The number of carbonyl (C=O) groups excluding carboxylic acids is 1. The number of hydrogen-bond donors (Lipinski definition) is 1. The van der Waals surface area contributed by atoms with Crippen LogP contribution in [0, 0.1) is 5.92 Å². The van der Waals surface area contributed by atoms with Crippen LogP contribution in [0.5, 0.6) is 0 Å². The zero-order valence-electron chi connectivity index (χ0n) is 18.2. The van der Waals surface area contributed by atoms with Crippen LogP contribution in [0.3, 0.4) is 0 Å². The number of aromatic nitrogens is 1. The van der Waals surface area contributed by atoms with Crippen LogP contribution in [0.1, 0.15) is 66.2 Å². The quantitative estimate of drug-likeness (QED) is 0.312. The van der Waals surface area contributed by atoms with Crippen LogP contribution in [-0.2, 0) is 24.1 Å². The van der Waals surface area contributed by atoms with Crippen LogP contribution in [0.25, 0.3) is 10.9 Å². The van der Waals surface area contributed by atoms with E-state index in [0.29, 0.717) is 24.8 Å². The molecule has 1 unspecified atom stereocenters. The molecule has 6 heteroatoms. The van der Waals surface area contributed by atoms with Crippen molar-refractivity contribution in [3.8, 4) is 0 Å². The van der Waals surface area contributed by atoms with E-state index < -0.39 is 11.9 Å². The molecular weight excluding hydrogens is 534 g/mol. The molecule has 0 radical (unpaired) electrons. The van der Waals surface area contributed by atoms with Crippen molar-refractivity contribution in [1.29, 1.82) is 0 Å². The molecule has 0 bridgehead atoms. The third kappa shape index (κ3) is 4.58. The molecule has 0 saturated heterocycles. The maximum absolute atomic E-state index is 13.7. The summed E-state index contributed by atoms with van der Waals surface area (Å²) in [7, 11) is 0. The summed E-state index contributed by atoms with van der Waals surface area (Å²) in [6.07, 6.45) is 7.49. The van der Waals surface area contributed by atoms with Gasteiger partial charge >= 0.3 is 5.97 Å². The van der Waals surface area contributed by atoms with Gasteiger partial charge in [0, 0.05) is 25.6 Å². The van der Waals surface area contributed by atoms with Crippen LogP contribution < -0.4 is 0 Å². The average molecular weight is 561 g/mol. The highest BCUT2D eigenvalue weighted by Gasteiger charge is 2.32. The minimum Gasteiger partial charge on any atom is -0.481 e. The number of benzene rings is 2. The number of nitrogens with zero attached hydrogens (tertiary/aromatic N) is 1. The summed E-state index contributed by atoms with van der Waals surface area (Å²) < 4.78 is 3.55. The first kappa shape index (κ1) is 23.2. The van der Waals surface area contributed by atoms with Gasteiger partial charge in [0.1, 0.15) is 0 Å². The normalized spacial score (nSPS) is 15.7. The summed E-state index contributed by atoms with van der Waals surface area (Å²) in [6, 6.07) is 11.9. The largest absolute Gasteiger partial charge is 0.481 e. The Hall–Kier alpha value is -1.92. The lowest BCUT2D eigenvalue weighted by Gasteiger charge is -2.20. The smallest absolute Gasteiger partial charge is 0.306 e. The number of fused-ring (bicyclic) bond motifs is 3. The monoisotopic (exact) mass is 559 g/mol. The fourth-order valence-corrected chi connectivity index (χ4v) is 6.19. The fourth-order valence-electron chi connectivity index (χ4n) is 4.74. The standard InChI is InChI=1S/C26H27Br2NO3/c1-2-3-4-5-6-16-7-9-17(10-8-16)25(30)29-22-12-11-18(26(31)32)13-20(22)24-21(28)14-19(27)15-23(24)29/h7-10,14-15,18H,2-6,11-13H2,1H3,(H,31,32). The molecule has 0 spiro atoms. The van der Waals surface area contributed by atoms with Crippen LogP contribution >= 0.6 is 31.9 Å². The minimum absolute atomic E-state index is 0.0624. The highest BCUT2D eigenvalue weighted by Crippen LogP contribution is 2.40. The Kier molecular flexibility index (Phi) is 7.21. The van der Waals surface area contributed by atoms with Crippen molar-refractivity contribution in [2.45, 2.75) is 58.3 Å². The van der Waals surface area contributed by atoms with Gasteiger partial charge in [-0.25, -0.2) is 0 Å². The van der Waals surface area contributed by atoms with Gasteiger partial charge in [0.05, 0.1) is 11.4 Å². The van der Waals surface area contributed by atoms with Gasteiger partial charge in [-0.3, -0.25) is 14.2 Å². The predicted octanol–water partition coefficient (Wildman–Crippen LogP) is 7.17. The van der Waals surface area contributed by atoms with Crippen LogP contribution in [-0.4, -0.2) is 21.6 Å². The van der Waals surface area contributed by atoms with Crippen molar-refractivity contribution in [3.05, 3.63) is 67.7 Å². The van der Waals surface area contributed by atoms with E-state index >= 15 is 0 Å².